The van der Waals surface area contributed by atoms with Crippen molar-refractivity contribution < 1.29 is 26.4 Å². The number of pyridine rings is 1. The number of sulfone groups is 1. The molecule has 0 saturated carbocycles. The second-order valence-electron chi connectivity index (χ2n) is 5.85. The molecular weight excluding hydrogens is 319 g/mol. The van der Waals surface area contributed by atoms with Crippen molar-refractivity contribution in [2.45, 2.75) is 42.4 Å². The summed E-state index contributed by atoms with van der Waals surface area (Å²) < 4.78 is 61.9. The third-order valence-electron chi connectivity index (χ3n) is 4.50. The number of fused-ring (bicyclic) bond motifs is 2. The van der Waals surface area contributed by atoms with Crippen LogP contribution >= 0.6 is 0 Å². The summed E-state index contributed by atoms with van der Waals surface area (Å²) in [6, 6.07) is 3.21. The standard InChI is InChI=1S/C14H14F3NO3S/c15-14(16,17)12-3-1-2-11(18-12)13(19)8-6-9-4-5-10(7-8)22(9,20)21/h1-3,8-10H,4-7H2. The van der Waals surface area contributed by atoms with Crippen LogP contribution in [0.4, 0.5) is 13.2 Å². The predicted octanol–water partition coefficient (Wildman–Crippen LogP) is 2.64. The van der Waals surface area contributed by atoms with Gasteiger partial charge in [0.2, 0.25) is 0 Å². The van der Waals surface area contributed by atoms with E-state index in [1.165, 1.54) is 6.07 Å². The maximum absolute atomic E-state index is 12.7. The first-order valence-electron chi connectivity index (χ1n) is 7.01. The number of halogens is 3. The van der Waals surface area contributed by atoms with Crippen LogP contribution in [0.1, 0.15) is 41.9 Å². The molecule has 0 aliphatic carbocycles. The first-order chi connectivity index (χ1) is 10.2. The zero-order chi connectivity index (χ0) is 16.1. The summed E-state index contributed by atoms with van der Waals surface area (Å²) in [6.07, 6.45) is -3.16. The van der Waals surface area contributed by atoms with Crippen LogP contribution in [0.5, 0.6) is 0 Å². The normalized spacial score (nSPS) is 30.2. The van der Waals surface area contributed by atoms with Gasteiger partial charge < -0.3 is 0 Å². The lowest BCUT2D eigenvalue weighted by Gasteiger charge is -2.26. The molecule has 2 fully saturated rings. The molecule has 0 aromatic carbocycles. The van der Waals surface area contributed by atoms with Crippen molar-refractivity contribution in [3.8, 4) is 0 Å². The van der Waals surface area contributed by atoms with Gasteiger partial charge in [0, 0.05) is 5.92 Å². The van der Waals surface area contributed by atoms with Gasteiger partial charge in [-0.05, 0) is 37.8 Å². The van der Waals surface area contributed by atoms with Gasteiger partial charge in [-0.25, -0.2) is 13.4 Å². The predicted molar refractivity (Wildman–Crippen MR) is 72.0 cm³/mol. The number of ketones is 1. The smallest absolute Gasteiger partial charge is 0.292 e. The Morgan fingerprint density at radius 3 is 2.27 bits per heavy atom. The third-order valence-corrected chi connectivity index (χ3v) is 7.21. The molecule has 2 atom stereocenters. The molecule has 0 amide bonds. The Morgan fingerprint density at radius 1 is 1.14 bits per heavy atom. The molecule has 2 aliphatic heterocycles. The Morgan fingerprint density at radius 2 is 1.73 bits per heavy atom. The first kappa shape index (κ1) is 15.5. The van der Waals surface area contributed by atoms with Crippen LogP contribution in [0, 0.1) is 5.92 Å². The number of nitrogens with zero attached hydrogens (tertiary/aromatic N) is 1. The van der Waals surface area contributed by atoms with Crippen molar-refractivity contribution in [2.75, 3.05) is 0 Å². The SMILES string of the molecule is O=C(c1cccc(C(F)(F)F)n1)C1CC2CCC(C1)S2(=O)=O. The van der Waals surface area contributed by atoms with E-state index in [1.807, 2.05) is 0 Å². The Labute approximate surface area is 125 Å². The quantitative estimate of drug-likeness (QED) is 0.781. The number of carbonyl (C=O) groups is 1. The summed E-state index contributed by atoms with van der Waals surface area (Å²) in [7, 11) is -3.16. The summed E-state index contributed by atoms with van der Waals surface area (Å²) in [6.45, 7) is 0. The van der Waals surface area contributed by atoms with Crippen molar-refractivity contribution in [1.82, 2.24) is 4.98 Å². The summed E-state index contributed by atoms with van der Waals surface area (Å²) >= 11 is 0. The highest BCUT2D eigenvalue weighted by atomic mass is 32.2. The molecule has 1 aromatic heterocycles. The number of alkyl halides is 3. The summed E-state index contributed by atoms with van der Waals surface area (Å²) in [5, 5.41) is -1.07. The number of hydrogen-bond donors (Lipinski definition) is 0. The molecule has 22 heavy (non-hydrogen) atoms. The molecule has 2 bridgehead atoms. The molecule has 2 unspecified atom stereocenters. The summed E-state index contributed by atoms with van der Waals surface area (Å²) in [4.78, 5) is 15.8. The maximum Gasteiger partial charge on any atom is 0.433 e. The minimum absolute atomic E-state index is 0.190. The van der Waals surface area contributed by atoms with E-state index in [-0.39, 0.29) is 18.5 Å². The van der Waals surface area contributed by atoms with Crippen LogP contribution in [0.25, 0.3) is 0 Å². The number of rotatable bonds is 2. The van der Waals surface area contributed by atoms with E-state index in [0.29, 0.717) is 12.8 Å². The van der Waals surface area contributed by atoms with Crippen molar-refractivity contribution in [3.63, 3.8) is 0 Å². The van der Waals surface area contributed by atoms with Gasteiger partial charge in [-0.15, -0.1) is 0 Å². The molecule has 1 aromatic rings. The van der Waals surface area contributed by atoms with Crippen molar-refractivity contribution in [1.29, 1.82) is 0 Å². The highest BCUT2D eigenvalue weighted by Crippen LogP contribution is 2.42. The molecule has 120 valence electrons. The van der Waals surface area contributed by atoms with Crippen LogP contribution in [0.3, 0.4) is 0 Å². The van der Waals surface area contributed by atoms with Gasteiger partial charge >= 0.3 is 6.18 Å². The fourth-order valence-electron chi connectivity index (χ4n) is 3.36. The molecule has 3 rings (SSSR count). The van der Waals surface area contributed by atoms with E-state index in [4.69, 9.17) is 0 Å². The number of hydrogen-bond acceptors (Lipinski definition) is 4. The van der Waals surface area contributed by atoms with Crippen LogP contribution < -0.4 is 0 Å². The van der Waals surface area contributed by atoms with Gasteiger partial charge in [-0.1, -0.05) is 6.07 Å². The largest absolute Gasteiger partial charge is 0.433 e. The second kappa shape index (κ2) is 5.04. The molecule has 0 N–H and O–H groups in total. The molecule has 0 spiro atoms. The highest BCUT2D eigenvalue weighted by Gasteiger charge is 2.48. The number of aromatic nitrogens is 1. The summed E-state index contributed by atoms with van der Waals surface area (Å²) in [5.41, 5.74) is -1.34. The van der Waals surface area contributed by atoms with E-state index in [9.17, 15) is 26.4 Å². The van der Waals surface area contributed by atoms with Crippen LogP contribution in [-0.2, 0) is 16.0 Å². The molecule has 8 heteroatoms. The lowest BCUT2D eigenvalue weighted by atomic mass is 9.92. The van der Waals surface area contributed by atoms with Gasteiger partial charge in [0.05, 0.1) is 10.5 Å². The molecule has 3 heterocycles. The molecule has 4 nitrogen and oxygen atoms in total. The van der Waals surface area contributed by atoms with Crippen LogP contribution in [0.2, 0.25) is 0 Å². The van der Waals surface area contributed by atoms with E-state index >= 15 is 0 Å². The average Bonchev–Trinajstić information content (AvgIpc) is 2.66. The van der Waals surface area contributed by atoms with E-state index < -0.39 is 43.9 Å². The zero-order valence-electron chi connectivity index (χ0n) is 11.5. The number of carbonyl (C=O) groups excluding carboxylic acids is 1. The lowest BCUT2D eigenvalue weighted by Crippen LogP contribution is -2.36. The van der Waals surface area contributed by atoms with E-state index in [0.717, 1.165) is 12.1 Å². The Hall–Kier alpha value is -1.44. The van der Waals surface area contributed by atoms with Gasteiger partial charge in [-0.2, -0.15) is 13.2 Å². The van der Waals surface area contributed by atoms with Gasteiger partial charge in [0.1, 0.15) is 11.4 Å². The van der Waals surface area contributed by atoms with Crippen molar-refractivity contribution in [2.24, 2.45) is 5.92 Å². The van der Waals surface area contributed by atoms with Crippen LogP contribution in [0.15, 0.2) is 18.2 Å². The van der Waals surface area contributed by atoms with E-state index in [1.54, 1.807) is 0 Å². The van der Waals surface area contributed by atoms with Gasteiger partial charge in [-0.3, -0.25) is 4.79 Å². The summed E-state index contributed by atoms with van der Waals surface area (Å²) in [5.74, 6) is -1.05. The zero-order valence-corrected chi connectivity index (χ0v) is 12.3. The molecule has 0 radical (unpaired) electrons. The Bertz CT molecular complexity index is 694. The van der Waals surface area contributed by atoms with E-state index in [2.05, 4.69) is 4.98 Å². The lowest BCUT2D eigenvalue weighted by molar-refractivity contribution is -0.141. The first-order valence-corrected chi connectivity index (χ1v) is 8.61. The Kier molecular flexibility index (Phi) is 3.54. The van der Waals surface area contributed by atoms with Gasteiger partial charge in [0.15, 0.2) is 15.6 Å². The van der Waals surface area contributed by atoms with Crippen molar-refractivity contribution >= 4 is 15.6 Å². The fraction of sp³-hybridized carbons (Fsp3) is 0.571. The highest BCUT2D eigenvalue weighted by molar-refractivity contribution is 7.93. The average molecular weight is 333 g/mol. The molecule has 2 aliphatic rings. The fourth-order valence-corrected chi connectivity index (χ4v) is 5.84. The van der Waals surface area contributed by atoms with Crippen molar-refractivity contribution in [3.05, 3.63) is 29.6 Å². The minimum Gasteiger partial charge on any atom is -0.292 e. The van der Waals surface area contributed by atoms with Crippen LogP contribution in [-0.4, -0.2) is 29.7 Å². The molecular formula is C14H14F3NO3S. The maximum atomic E-state index is 12.7. The molecule has 2 saturated heterocycles. The second-order valence-corrected chi connectivity index (χ2v) is 8.36. The third kappa shape index (κ3) is 2.53. The topological polar surface area (TPSA) is 64.1 Å². The van der Waals surface area contributed by atoms with Gasteiger partial charge in [0.25, 0.3) is 0 Å². The number of Topliss-reactive ketones (excluding diaryl/α,β-unsaturated/α-hetero) is 1. The monoisotopic (exact) mass is 333 g/mol. The Balaban J connectivity index is 1.84. The minimum atomic E-state index is -4.61.